The first-order valence-electron chi connectivity index (χ1n) is 4.81. The third kappa shape index (κ3) is 5.65. The second-order valence-electron chi connectivity index (χ2n) is 2.87. The predicted octanol–water partition coefficient (Wildman–Crippen LogP) is 1.74. The highest BCUT2D eigenvalue weighted by molar-refractivity contribution is 7.99. The van der Waals surface area contributed by atoms with E-state index in [0.717, 1.165) is 17.9 Å². The molecule has 0 saturated heterocycles. The second kappa shape index (κ2) is 8.29. The van der Waals surface area contributed by atoms with Crippen molar-refractivity contribution in [2.75, 3.05) is 17.3 Å². The van der Waals surface area contributed by atoms with Crippen molar-refractivity contribution in [3.63, 3.8) is 0 Å². The van der Waals surface area contributed by atoms with Gasteiger partial charge in [0.25, 0.3) is 0 Å². The Kier molecular flexibility index (Phi) is 8.27. The average Bonchev–Trinajstić information content (AvgIpc) is 2.13. The van der Waals surface area contributed by atoms with Gasteiger partial charge in [0.1, 0.15) is 5.25 Å². The Bertz CT molecular complexity index is 194. The molecule has 2 atom stereocenters. The summed E-state index contributed by atoms with van der Waals surface area (Å²) < 4.78 is 11.5. The van der Waals surface area contributed by atoms with Crippen LogP contribution in [0.25, 0.3) is 0 Å². The molecular formula is C9H18O3S2. The summed E-state index contributed by atoms with van der Waals surface area (Å²) >= 11 is 1.80. The molecule has 1 N–H and O–H groups in total. The molecule has 0 aromatic heterocycles. The highest BCUT2D eigenvalue weighted by atomic mass is 32.2. The normalized spacial score (nSPS) is 15.0. The van der Waals surface area contributed by atoms with Gasteiger partial charge in [-0.25, -0.2) is 0 Å². The minimum Gasteiger partial charge on any atom is -0.480 e. The molecule has 5 heteroatoms. The molecule has 0 fully saturated rings. The van der Waals surface area contributed by atoms with Crippen molar-refractivity contribution in [1.82, 2.24) is 0 Å². The van der Waals surface area contributed by atoms with Crippen molar-refractivity contribution in [2.45, 2.75) is 31.9 Å². The topological polar surface area (TPSA) is 54.4 Å². The van der Waals surface area contributed by atoms with Gasteiger partial charge < -0.3 is 5.11 Å². The molecular weight excluding hydrogens is 220 g/mol. The fraction of sp³-hybridized carbons (Fsp3) is 0.889. The van der Waals surface area contributed by atoms with Gasteiger partial charge in [-0.05, 0) is 24.3 Å². The fourth-order valence-electron chi connectivity index (χ4n) is 1.06. The monoisotopic (exact) mass is 238 g/mol. The first-order valence-corrected chi connectivity index (χ1v) is 7.34. The van der Waals surface area contributed by atoms with Crippen LogP contribution in [-0.2, 0) is 15.6 Å². The summed E-state index contributed by atoms with van der Waals surface area (Å²) in [4.78, 5) is 10.7. The average molecular weight is 238 g/mol. The van der Waals surface area contributed by atoms with E-state index in [4.69, 9.17) is 5.11 Å². The number of hydrogen-bond donors (Lipinski definition) is 1. The molecule has 2 unspecified atom stereocenters. The van der Waals surface area contributed by atoms with Crippen LogP contribution in [0.1, 0.15) is 26.7 Å². The summed E-state index contributed by atoms with van der Waals surface area (Å²) in [5.74, 6) is 1.60. The number of carboxylic acids is 1. The number of carboxylic acid groups (broad SMARTS) is 1. The van der Waals surface area contributed by atoms with Gasteiger partial charge in [0.15, 0.2) is 0 Å². The highest BCUT2D eigenvalue weighted by Crippen LogP contribution is 2.07. The fourth-order valence-corrected chi connectivity index (χ4v) is 3.19. The van der Waals surface area contributed by atoms with Crippen molar-refractivity contribution in [3.05, 3.63) is 0 Å². The van der Waals surface area contributed by atoms with Crippen LogP contribution in [0, 0.1) is 0 Å². The van der Waals surface area contributed by atoms with Crippen molar-refractivity contribution in [2.24, 2.45) is 0 Å². The summed E-state index contributed by atoms with van der Waals surface area (Å²) in [5, 5.41) is 8.07. The molecule has 0 aliphatic carbocycles. The van der Waals surface area contributed by atoms with Gasteiger partial charge in [-0.1, -0.05) is 13.8 Å². The maximum atomic E-state index is 11.5. The van der Waals surface area contributed by atoms with E-state index in [1.54, 1.807) is 18.7 Å². The lowest BCUT2D eigenvalue weighted by atomic mass is 10.3. The number of thioether (sulfide) groups is 1. The summed E-state index contributed by atoms with van der Waals surface area (Å²) in [7, 11) is -1.20. The molecule has 0 aliphatic rings. The van der Waals surface area contributed by atoms with E-state index < -0.39 is 22.0 Å². The molecule has 84 valence electrons. The van der Waals surface area contributed by atoms with Gasteiger partial charge in [-0.2, -0.15) is 11.8 Å². The standard InChI is InChI=1S/C9H18O3S2/c1-3-8(9(10)11)14(12)7-5-6-13-4-2/h8H,3-7H2,1-2H3,(H,10,11). The maximum absolute atomic E-state index is 11.5. The number of rotatable bonds is 8. The second-order valence-corrected chi connectivity index (χ2v) is 6.00. The van der Waals surface area contributed by atoms with Gasteiger partial charge in [0.2, 0.25) is 0 Å². The minimum absolute atomic E-state index is 0.447. The quantitative estimate of drug-likeness (QED) is 0.654. The van der Waals surface area contributed by atoms with Crippen molar-refractivity contribution in [3.8, 4) is 0 Å². The van der Waals surface area contributed by atoms with Gasteiger partial charge in [0.05, 0.1) is 0 Å². The third-order valence-electron chi connectivity index (χ3n) is 1.80. The first kappa shape index (κ1) is 14.0. The van der Waals surface area contributed by atoms with Crippen LogP contribution in [-0.4, -0.2) is 37.8 Å². The molecule has 0 aromatic rings. The van der Waals surface area contributed by atoms with E-state index >= 15 is 0 Å². The van der Waals surface area contributed by atoms with Crippen LogP contribution in [0.2, 0.25) is 0 Å². The lowest BCUT2D eigenvalue weighted by molar-refractivity contribution is -0.136. The summed E-state index contributed by atoms with van der Waals surface area (Å²) in [6.07, 6.45) is 1.29. The Hall–Kier alpha value is -0.0300. The van der Waals surface area contributed by atoms with E-state index in [2.05, 4.69) is 6.92 Å². The predicted molar refractivity (Wildman–Crippen MR) is 62.3 cm³/mol. The smallest absolute Gasteiger partial charge is 0.319 e. The largest absolute Gasteiger partial charge is 0.480 e. The number of carbonyl (C=O) groups is 1. The molecule has 0 aromatic carbocycles. The Morgan fingerprint density at radius 3 is 2.57 bits per heavy atom. The molecule has 0 amide bonds. The zero-order chi connectivity index (χ0) is 11.0. The molecule has 0 spiro atoms. The molecule has 0 rings (SSSR count). The van der Waals surface area contributed by atoms with E-state index in [9.17, 15) is 9.00 Å². The highest BCUT2D eigenvalue weighted by Gasteiger charge is 2.21. The number of aliphatic carboxylic acids is 1. The third-order valence-corrected chi connectivity index (χ3v) is 4.65. The van der Waals surface area contributed by atoms with Crippen LogP contribution in [0.5, 0.6) is 0 Å². The molecule has 0 bridgehead atoms. The Morgan fingerprint density at radius 2 is 2.14 bits per heavy atom. The van der Waals surface area contributed by atoms with Crippen molar-refractivity contribution < 1.29 is 14.1 Å². The van der Waals surface area contributed by atoms with E-state index in [-0.39, 0.29) is 0 Å². The number of hydrogen-bond acceptors (Lipinski definition) is 3. The molecule has 3 nitrogen and oxygen atoms in total. The summed E-state index contributed by atoms with van der Waals surface area (Å²) in [6, 6.07) is 0. The first-order chi connectivity index (χ1) is 6.63. The Balaban J connectivity index is 3.76. The molecule has 0 heterocycles. The molecule has 14 heavy (non-hydrogen) atoms. The lowest BCUT2D eigenvalue weighted by Gasteiger charge is -2.08. The van der Waals surface area contributed by atoms with Crippen molar-refractivity contribution >= 4 is 28.5 Å². The van der Waals surface area contributed by atoms with Crippen molar-refractivity contribution in [1.29, 1.82) is 0 Å². The Labute approximate surface area is 92.1 Å². The summed E-state index contributed by atoms with van der Waals surface area (Å²) in [6.45, 7) is 3.84. The van der Waals surface area contributed by atoms with E-state index in [0.29, 0.717) is 12.2 Å². The van der Waals surface area contributed by atoms with E-state index in [1.807, 2.05) is 0 Å². The van der Waals surface area contributed by atoms with Crippen LogP contribution in [0.4, 0.5) is 0 Å². The Morgan fingerprint density at radius 1 is 1.50 bits per heavy atom. The zero-order valence-corrected chi connectivity index (χ0v) is 10.3. The van der Waals surface area contributed by atoms with E-state index in [1.165, 1.54) is 0 Å². The summed E-state index contributed by atoms with van der Waals surface area (Å²) in [5.41, 5.74) is 0. The van der Waals surface area contributed by atoms with Gasteiger partial charge in [-0.15, -0.1) is 0 Å². The zero-order valence-electron chi connectivity index (χ0n) is 8.69. The minimum atomic E-state index is -1.20. The maximum Gasteiger partial charge on any atom is 0.319 e. The van der Waals surface area contributed by atoms with Crippen LogP contribution < -0.4 is 0 Å². The molecule has 0 aliphatic heterocycles. The lowest BCUT2D eigenvalue weighted by Crippen LogP contribution is -2.26. The van der Waals surface area contributed by atoms with Gasteiger partial charge in [0, 0.05) is 16.6 Å². The SMILES string of the molecule is CCSCCCS(=O)C(CC)C(=O)O. The van der Waals surface area contributed by atoms with Gasteiger partial charge in [-0.3, -0.25) is 9.00 Å². The van der Waals surface area contributed by atoms with Crippen LogP contribution >= 0.6 is 11.8 Å². The van der Waals surface area contributed by atoms with Crippen LogP contribution in [0.15, 0.2) is 0 Å². The van der Waals surface area contributed by atoms with Gasteiger partial charge >= 0.3 is 5.97 Å². The molecule has 0 saturated carbocycles. The van der Waals surface area contributed by atoms with Crippen LogP contribution in [0.3, 0.4) is 0 Å². The molecule has 0 radical (unpaired) electrons.